The second-order valence-corrected chi connectivity index (χ2v) is 3.89. The van der Waals surface area contributed by atoms with Gasteiger partial charge in [0, 0.05) is 18.9 Å². The van der Waals surface area contributed by atoms with E-state index in [9.17, 15) is 9.18 Å². The van der Waals surface area contributed by atoms with Crippen molar-refractivity contribution in [2.45, 2.75) is 13.0 Å². The van der Waals surface area contributed by atoms with Gasteiger partial charge in [0.25, 0.3) is 0 Å². The van der Waals surface area contributed by atoms with E-state index in [1.54, 1.807) is 29.1 Å². The van der Waals surface area contributed by atoms with Gasteiger partial charge in [-0.1, -0.05) is 18.2 Å². The number of benzene rings is 1. The quantitative estimate of drug-likeness (QED) is 0.867. The maximum absolute atomic E-state index is 13.3. The average molecular weight is 247 g/mol. The minimum absolute atomic E-state index is 0.0613. The number of carbonyl (C=O) groups excluding carboxylic acids is 1. The third-order valence-electron chi connectivity index (χ3n) is 2.53. The van der Waals surface area contributed by atoms with Gasteiger partial charge in [0.15, 0.2) is 0 Å². The van der Waals surface area contributed by atoms with E-state index in [0.29, 0.717) is 18.7 Å². The predicted molar refractivity (Wildman–Crippen MR) is 65.3 cm³/mol. The fourth-order valence-corrected chi connectivity index (χ4v) is 1.62. The van der Waals surface area contributed by atoms with E-state index in [0.717, 1.165) is 0 Å². The Bertz CT molecular complexity index is 511. The van der Waals surface area contributed by atoms with Gasteiger partial charge in [0.2, 0.25) is 5.91 Å². The maximum atomic E-state index is 13.3. The minimum atomic E-state index is -0.347. The van der Waals surface area contributed by atoms with Crippen LogP contribution in [0, 0.1) is 5.82 Å². The van der Waals surface area contributed by atoms with Crippen LogP contribution in [0.3, 0.4) is 0 Å². The van der Waals surface area contributed by atoms with Gasteiger partial charge >= 0.3 is 0 Å². The van der Waals surface area contributed by atoms with Gasteiger partial charge in [-0.15, -0.1) is 0 Å². The third kappa shape index (κ3) is 3.41. The van der Waals surface area contributed by atoms with Crippen LogP contribution in [0.2, 0.25) is 0 Å². The molecule has 94 valence electrons. The first-order valence-corrected chi connectivity index (χ1v) is 5.73. The molecule has 0 aliphatic heterocycles. The molecule has 2 aromatic rings. The molecule has 0 radical (unpaired) electrons. The number of carbonyl (C=O) groups is 1. The Balaban J connectivity index is 1.77. The van der Waals surface area contributed by atoms with Crippen LogP contribution in [0.5, 0.6) is 0 Å². The summed E-state index contributed by atoms with van der Waals surface area (Å²) >= 11 is 0. The third-order valence-corrected chi connectivity index (χ3v) is 2.53. The zero-order chi connectivity index (χ0) is 12.8. The highest BCUT2D eigenvalue weighted by molar-refractivity contribution is 5.78. The molecule has 0 bridgehead atoms. The first-order chi connectivity index (χ1) is 8.75. The molecule has 2 rings (SSSR count). The lowest BCUT2D eigenvalue weighted by atomic mass is 10.1. The summed E-state index contributed by atoms with van der Waals surface area (Å²) in [6.07, 6.45) is 3.57. The van der Waals surface area contributed by atoms with E-state index in [1.165, 1.54) is 6.07 Å². The number of nitrogens with zero attached hydrogens (tertiary/aromatic N) is 2. The van der Waals surface area contributed by atoms with Gasteiger partial charge in [-0.05, 0) is 17.7 Å². The highest BCUT2D eigenvalue weighted by atomic mass is 19.1. The van der Waals surface area contributed by atoms with Crippen LogP contribution in [0.4, 0.5) is 4.39 Å². The van der Waals surface area contributed by atoms with Gasteiger partial charge < -0.3 is 5.32 Å². The van der Waals surface area contributed by atoms with Crippen molar-refractivity contribution in [2.75, 3.05) is 6.54 Å². The number of hydrogen-bond donors (Lipinski definition) is 1. The van der Waals surface area contributed by atoms with Crippen molar-refractivity contribution < 1.29 is 9.18 Å². The first-order valence-electron chi connectivity index (χ1n) is 5.73. The van der Waals surface area contributed by atoms with Crippen LogP contribution in [-0.2, 0) is 17.8 Å². The van der Waals surface area contributed by atoms with Gasteiger partial charge in [0.1, 0.15) is 5.82 Å². The number of hydrogen-bond acceptors (Lipinski definition) is 2. The minimum Gasteiger partial charge on any atom is -0.354 e. The average Bonchev–Trinajstić information content (AvgIpc) is 2.85. The van der Waals surface area contributed by atoms with Gasteiger partial charge in [-0.3, -0.25) is 9.48 Å². The lowest BCUT2D eigenvalue weighted by molar-refractivity contribution is -0.120. The van der Waals surface area contributed by atoms with Crippen LogP contribution in [0.1, 0.15) is 5.56 Å². The fourth-order valence-electron chi connectivity index (χ4n) is 1.62. The SMILES string of the molecule is O=C(Cc1ccccc1F)NCCn1cccn1. The molecule has 1 amide bonds. The van der Waals surface area contributed by atoms with E-state index < -0.39 is 0 Å². The second kappa shape index (κ2) is 5.95. The number of nitrogens with one attached hydrogen (secondary N) is 1. The standard InChI is InChI=1S/C13H14FN3O/c14-12-5-2-1-4-11(12)10-13(18)15-7-9-17-8-3-6-16-17/h1-6,8H,7,9-10H2,(H,15,18). The molecule has 0 unspecified atom stereocenters. The summed E-state index contributed by atoms with van der Waals surface area (Å²) < 4.78 is 15.0. The molecule has 0 fully saturated rings. The van der Waals surface area contributed by atoms with Crippen molar-refractivity contribution >= 4 is 5.91 Å². The van der Waals surface area contributed by atoms with Crippen molar-refractivity contribution in [1.82, 2.24) is 15.1 Å². The van der Waals surface area contributed by atoms with E-state index in [2.05, 4.69) is 10.4 Å². The molecule has 1 aromatic heterocycles. The smallest absolute Gasteiger partial charge is 0.224 e. The predicted octanol–water partition coefficient (Wildman–Crippen LogP) is 1.38. The van der Waals surface area contributed by atoms with E-state index in [-0.39, 0.29) is 18.1 Å². The van der Waals surface area contributed by atoms with Gasteiger partial charge in [-0.25, -0.2) is 4.39 Å². The van der Waals surface area contributed by atoms with Crippen LogP contribution in [0.15, 0.2) is 42.7 Å². The van der Waals surface area contributed by atoms with Crippen LogP contribution in [0.25, 0.3) is 0 Å². The summed E-state index contributed by atoms with van der Waals surface area (Å²) in [7, 11) is 0. The maximum Gasteiger partial charge on any atom is 0.224 e. The molecule has 0 saturated carbocycles. The Kier molecular flexibility index (Phi) is 4.06. The molecule has 0 atom stereocenters. The largest absolute Gasteiger partial charge is 0.354 e. The summed E-state index contributed by atoms with van der Waals surface area (Å²) in [5.41, 5.74) is 0.411. The lowest BCUT2D eigenvalue weighted by Crippen LogP contribution is -2.28. The number of halogens is 1. The normalized spacial score (nSPS) is 10.3. The topological polar surface area (TPSA) is 46.9 Å². The van der Waals surface area contributed by atoms with Gasteiger partial charge in [0.05, 0.1) is 13.0 Å². The number of aromatic nitrogens is 2. The summed E-state index contributed by atoms with van der Waals surface area (Å²) in [4.78, 5) is 11.6. The molecular formula is C13H14FN3O. The Morgan fingerprint density at radius 3 is 2.89 bits per heavy atom. The molecule has 1 N–H and O–H groups in total. The highest BCUT2D eigenvalue weighted by Gasteiger charge is 2.06. The zero-order valence-electron chi connectivity index (χ0n) is 9.84. The summed E-state index contributed by atoms with van der Waals surface area (Å²) in [6, 6.07) is 8.11. The van der Waals surface area contributed by atoms with Crippen LogP contribution >= 0.6 is 0 Å². The fraction of sp³-hybridized carbons (Fsp3) is 0.231. The summed E-state index contributed by atoms with van der Waals surface area (Å²) in [5.74, 6) is -0.535. The molecule has 0 saturated heterocycles. The highest BCUT2D eigenvalue weighted by Crippen LogP contribution is 2.06. The Hall–Kier alpha value is -2.17. The zero-order valence-corrected chi connectivity index (χ0v) is 9.84. The molecule has 5 heteroatoms. The van der Waals surface area contributed by atoms with Crippen LogP contribution in [-0.4, -0.2) is 22.2 Å². The Morgan fingerprint density at radius 2 is 2.17 bits per heavy atom. The first kappa shape index (κ1) is 12.3. The number of rotatable bonds is 5. The monoisotopic (exact) mass is 247 g/mol. The van der Waals surface area contributed by atoms with E-state index >= 15 is 0 Å². The summed E-state index contributed by atoms with van der Waals surface area (Å²) in [6.45, 7) is 1.09. The van der Waals surface area contributed by atoms with Gasteiger partial charge in [-0.2, -0.15) is 5.10 Å². The lowest BCUT2D eigenvalue weighted by Gasteiger charge is -2.06. The Labute approximate surface area is 104 Å². The van der Waals surface area contributed by atoms with Crippen molar-refractivity contribution in [1.29, 1.82) is 0 Å². The van der Waals surface area contributed by atoms with E-state index in [4.69, 9.17) is 0 Å². The van der Waals surface area contributed by atoms with Crippen molar-refractivity contribution in [2.24, 2.45) is 0 Å². The van der Waals surface area contributed by atoms with Crippen molar-refractivity contribution in [3.05, 3.63) is 54.1 Å². The molecule has 0 aliphatic carbocycles. The molecule has 1 heterocycles. The molecule has 1 aromatic carbocycles. The second-order valence-electron chi connectivity index (χ2n) is 3.89. The van der Waals surface area contributed by atoms with Crippen molar-refractivity contribution in [3.63, 3.8) is 0 Å². The molecular weight excluding hydrogens is 233 g/mol. The summed E-state index contributed by atoms with van der Waals surface area (Å²) in [5, 5.41) is 6.75. The molecule has 4 nitrogen and oxygen atoms in total. The van der Waals surface area contributed by atoms with Crippen molar-refractivity contribution in [3.8, 4) is 0 Å². The van der Waals surface area contributed by atoms with Crippen LogP contribution < -0.4 is 5.32 Å². The Morgan fingerprint density at radius 1 is 1.33 bits per heavy atom. The molecule has 0 aliphatic rings. The van der Waals surface area contributed by atoms with E-state index in [1.807, 2.05) is 12.3 Å². The molecule has 0 spiro atoms. The number of amides is 1. The molecule has 18 heavy (non-hydrogen) atoms.